The number of nitro groups is 2. The van der Waals surface area contributed by atoms with Gasteiger partial charge in [0.05, 0.1) is 15.4 Å². The van der Waals surface area contributed by atoms with E-state index in [4.69, 9.17) is 9.47 Å². The minimum atomic E-state index is -0.907. The van der Waals surface area contributed by atoms with Gasteiger partial charge in [0, 0.05) is 12.1 Å². The van der Waals surface area contributed by atoms with E-state index in [2.05, 4.69) is 0 Å². The molecule has 0 N–H and O–H groups in total. The van der Waals surface area contributed by atoms with E-state index in [1.54, 1.807) is 36.4 Å². The van der Waals surface area contributed by atoms with Crippen LogP contribution in [0.1, 0.15) is 21.5 Å². The number of carbonyl (C=O) groups excluding carboxylic acids is 1. The summed E-state index contributed by atoms with van der Waals surface area (Å²) in [4.78, 5) is 33.1. The fourth-order valence-electron chi connectivity index (χ4n) is 2.74. The molecule has 0 amide bonds. The highest BCUT2D eigenvalue weighted by Crippen LogP contribution is 2.30. The standard InChI is InChI=1S/C21H16N2O7/c1-14-19(22(25)26)11-16(12-20(14)23(27)28)21(24)29-13-15-6-5-9-18(10-15)30-17-7-3-2-4-8-17/h2-12H,13H2,1H3. The molecule has 152 valence electrons. The minimum Gasteiger partial charge on any atom is -0.457 e. The molecule has 0 spiro atoms. The highest BCUT2D eigenvalue weighted by Gasteiger charge is 2.26. The second-order valence-corrected chi connectivity index (χ2v) is 6.29. The Hall–Kier alpha value is -4.27. The van der Waals surface area contributed by atoms with Gasteiger partial charge < -0.3 is 9.47 Å². The molecule has 0 atom stereocenters. The highest BCUT2D eigenvalue weighted by atomic mass is 16.6. The average molecular weight is 408 g/mol. The first-order valence-electron chi connectivity index (χ1n) is 8.77. The fraction of sp³-hybridized carbons (Fsp3) is 0.0952. The van der Waals surface area contributed by atoms with Gasteiger partial charge in [0.25, 0.3) is 11.4 Å². The van der Waals surface area contributed by atoms with Crippen LogP contribution >= 0.6 is 0 Å². The number of para-hydroxylation sites is 1. The fourth-order valence-corrected chi connectivity index (χ4v) is 2.74. The van der Waals surface area contributed by atoms with Crippen molar-refractivity contribution in [1.29, 1.82) is 0 Å². The molecule has 0 aliphatic carbocycles. The smallest absolute Gasteiger partial charge is 0.338 e. The number of ether oxygens (including phenoxy) is 2. The molecule has 0 aliphatic heterocycles. The Kier molecular flexibility index (Phi) is 6.02. The molecule has 9 heteroatoms. The molecule has 30 heavy (non-hydrogen) atoms. The summed E-state index contributed by atoms with van der Waals surface area (Å²) in [5.41, 5.74) is -0.820. The van der Waals surface area contributed by atoms with Crippen LogP contribution in [0.2, 0.25) is 0 Å². The van der Waals surface area contributed by atoms with Crippen molar-refractivity contribution >= 4 is 17.3 Å². The third-order valence-electron chi connectivity index (χ3n) is 4.23. The predicted molar refractivity (Wildman–Crippen MR) is 107 cm³/mol. The van der Waals surface area contributed by atoms with E-state index in [9.17, 15) is 25.0 Å². The molecule has 3 aromatic rings. The van der Waals surface area contributed by atoms with Crippen molar-refractivity contribution in [3.8, 4) is 11.5 Å². The molecule has 0 unspecified atom stereocenters. The molecular formula is C21H16N2O7. The van der Waals surface area contributed by atoms with Crippen LogP contribution < -0.4 is 4.74 Å². The van der Waals surface area contributed by atoms with E-state index in [1.165, 1.54) is 6.92 Å². The van der Waals surface area contributed by atoms with Gasteiger partial charge in [0.2, 0.25) is 0 Å². The average Bonchev–Trinajstić information content (AvgIpc) is 2.72. The molecule has 0 saturated carbocycles. The van der Waals surface area contributed by atoms with Crippen LogP contribution in [-0.4, -0.2) is 15.8 Å². The van der Waals surface area contributed by atoms with E-state index in [0.29, 0.717) is 17.1 Å². The van der Waals surface area contributed by atoms with Gasteiger partial charge in [-0.15, -0.1) is 0 Å². The van der Waals surface area contributed by atoms with Gasteiger partial charge in [-0.3, -0.25) is 20.2 Å². The zero-order valence-corrected chi connectivity index (χ0v) is 15.8. The predicted octanol–water partition coefficient (Wildman–Crippen LogP) is 4.96. The number of esters is 1. The van der Waals surface area contributed by atoms with Gasteiger partial charge in [-0.25, -0.2) is 4.79 Å². The second-order valence-electron chi connectivity index (χ2n) is 6.29. The maximum Gasteiger partial charge on any atom is 0.338 e. The molecule has 0 aromatic heterocycles. The van der Waals surface area contributed by atoms with Crippen LogP contribution in [0.15, 0.2) is 66.7 Å². The third kappa shape index (κ3) is 4.76. The number of benzene rings is 3. The molecule has 0 fully saturated rings. The van der Waals surface area contributed by atoms with Crippen LogP contribution in [0.25, 0.3) is 0 Å². The van der Waals surface area contributed by atoms with Crippen molar-refractivity contribution in [1.82, 2.24) is 0 Å². The Morgan fingerprint density at radius 3 is 2.07 bits per heavy atom. The van der Waals surface area contributed by atoms with Gasteiger partial charge in [0.15, 0.2) is 0 Å². The highest BCUT2D eigenvalue weighted by molar-refractivity contribution is 5.91. The molecule has 0 radical (unpaired) electrons. The number of nitro benzene ring substituents is 2. The van der Waals surface area contributed by atoms with Gasteiger partial charge >= 0.3 is 5.97 Å². The third-order valence-corrected chi connectivity index (χ3v) is 4.23. The number of hydrogen-bond acceptors (Lipinski definition) is 7. The van der Waals surface area contributed by atoms with E-state index >= 15 is 0 Å². The number of carbonyl (C=O) groups is 1. The molecule has 0 heterocycles. The van der Waals surface area contributed by atoms with Crippen molar-refractivity contribution in [2.45, 2.75) is 13.5 Å². The first-order chi connectivity index (χ1) is 14.3. The summed E-state index contributed by atoms with van der Waals surface area (Å²) in [5, 5.41) is 22.3. The van der Waals surface area contributed by atoms with Crippen LogP contribution in [0.3, 0.4) is 0 Å². The Labute approximate surface area is 170 Å². The van der Waals surface area contributed by atoms with Crippen molar-refractivity contribution in [2.24, 2.45) is 0 Å². The van der Waals surface area contributed by atoms with Gasteiger partial charge in [-0.1, -0.05) is 30.3 Å². The summed E-state index contributed by atoms with van der Waals surface area (Å²) in [6.07, 6.45) is 0. The van der Waals surface area contributed by atoms with Crippen molar-refractivity contribution in [2.75, 3.05) is 0 Å². The van der Waals surface area contributed by atoms with E-state index in [0.717, 1.165) is 12.1 Å². The first-order valence-corrected chi connectivity index (χ1v) is 8.77. The van der Waals surface area contributed by atoms with Gasteiger partial charge in [0.1, 0.15) is 23.7 Å². The maximum absolute atomic E-state index is 12.4. The van der Waals surface area contributed by atoms with E-state index < -0.39 is 27.2 Å². The lowest BCUT2D eigenvalue weighted by molar-refractivity contribution is -0.395. The number of rotatable bonds is 7. The zero-order chi connectivity index (χ0) is 21.7. The monoisotopic (exact) mass is 408 g/mol. The summed E-state index contributed by atoms with van der Waals surface area (Å²) in [6.45, 7) is 1.11. The molecular weight excluding hydrogens is 392 g/mol. The zero-order valence-electron chi connectivity index (χ0n) is 15.8. The Morgan fingerprint density at radius 2 is 1.47 bits per heavy atom. The Morgan fingerprint density at radius 1 is 0.867 bits per heavy atom. The summed E-state index contributed by atoms with van der Waals surface area (Å²) in [5.74, 6) is 0.276. The molecule has 9 nitrogen and oxygen atoms in total. The first kappa shape index (κ1) is 20.5. The number of hydrogen-bond donors (Lipinski definition) is 0. The normalized spacial score (nSPS) is 10.3. The second kappa shape index (κ2) is 8.82. The summed E-state index contributed by atoms with van der Waals surface area (Å²) in [7, 11) is 0. The lowest BCUT2D eigenvalue weighted by atomic mass is 10.1. The largest absolute Gasteiger partial charge is 0.457 e. The van der Waals surface area contributed by atoms with Crippen molar-refractivity contribution in [3.05, 3.63) is 104 Å². The lowest BCUT2D eigenvalue weighted by Gasteiger charge is -2.09. The van der Waals surface area contributed by atoms with Crippen LogP contribution in [0.5, 0.6) is 11.5 Å². The quantitative estimate of drug-likeness (QED) is 0.307. The summed E-state index contributed by atoms with van der Waals surface area (Å²) < 4.78 is 10.9. The molecule has 0 bridgehead atoms. The minimum absolute atomic E-state index is 0.132. The van der Waals surface area contributed by atoms with Gasteiger partial charge in [-0.05, 0) is 36.8 Å². The molecule has 0 saturated heterocycles. The van der Waals surface area contributed by atoms with Crippen LogP contribution in [-0.2, 0) is 11.3 Å². The topological polar surface area (TPSA) is 122 Å². The summed E-state index contributed by atoms with van der Waals surface area (Å²) >= 11 is 0. The van der Waals surface area contributed by atoms with Crippen LogP contribution in [0.4, 0.5) is 11.4 Å². The van der Waals surface area contributed by atoms with Gasteiger partial charge in [-0.2, -0.15) is 0 Å². The Balaban J connectivity index is 1.75. The van der Waals surface area contributed by atoms with E-state index in [-0.39, 0.29) is 17.7 Å². The molecule has 3 rings (SSSR count). The van der Waals surface area contributed by atoms with Crippen molar-refractivity contribution in [3.63, 3.8) is 0 Å². The number of nitrogens with zero attached hydrogens (tertiary/aromatic N) is 2. The van der Waals surface area contributed by atoms with Crippen LogP contribution in [0, 0.1) is 27.2 Å². The molecule has 0 aliphatic rings. The summed E-state index contributed by atoms with van der Waals surface area (Å²) in [6, 6.07) is 17.9. The maximum atomic E-state index is 12.4. The Bertz CT molecular complexity index is 1080. The van der Waals surface area contributed by atoms with Crippen molar-refractivity contribution < 1.29 is 24.1 Å². The van der Waals surface area contributed by atoms with E-state index in [1.807, 2.05) is 18.2 Å². The molecule has 3 aromatic carbocycles. The lowest BCUT2D eigenvalue weighted by Crippen LogP contribution is -2.08. The SMILES string of the molecule is Cc1c([N+](=O)[O-])cc(C(=O)OCc2cccc(Oc3ccccc3)c2)cc1[N+](=O)[O-].